The van der Waals surface area contributed by atoms with Gasteiger partial charge in [0.2, 0.25) is 0 Å². The summed E-state index contributed by atoms with van der Waals surface area (Å²) >= 11 is 0. The van der Waals surface area contributed by atoms with E-state index in [0.717, 1.165) is 22.2 Å². The number of benzene rings is 3. The van der Waals surface area contributed by atoms with Crippen molar-refractivity contribution in [2.45, 2.75) is 39.7 Å². The summed E-state index contributed by atoms with van der Waals surface area (Å²) in [5, 5.41) is 14.7. The molecule has 150 valence electrons. The number of amides is 1. The van der Waals surface area contributed by atoms with E-state index < -0.39 is 18.0 Å². The molecule has 0 saturated carbocycles. The number of phenolic OH excluding ortho intramolecular Hbond substituents is 1. The van der Waals surface area contributed by atoms with E-state index in [2.05, 4.69) is 19.2 Å². The minimum atomic E-state index is -1.02. The Morgan fingerprint density at radius 1 is 0.966 bits per heavy atom. The van der Waals surface area contributed by atoms with Crippen LogP contribution in [0.25, 0.3) is 10.8 Å². The van der Waals surface area contributed by atoms with Gasteiger partial charge in [-0.05, 0) is 42.3 Å². The summed E-state index contributed by atoms with van der Waals surface area (Å²) in [5.41, 5.74) is 2.73. The molecule has 29 heavy (non-hydrogen) atoms. The summed E-state index contributed by atoms with van der Waals surface area (Å²) in [4.78, 5) is 25.2. The minimum absolute atomic E-state index is 0.0297. The Morgan fingerprint density at radius 2 is 1.69 bits per heavy atom. The van der Waals surface area contributed by atoms with Crippen molar-refractivity contribution in [3.05, 3.63) is 71.3 Å². The summed E-state index contributed by atoms with van der Waals surface area (Å²) in [6.07, 6.45) is -1.02. The first-order chi connectivity index (χ1) is 13.8. The van der Waals surface area contributed by atoms with E-state index in [1.807, 2.05) is 37.3 Å². The van der Waals surface area contributed by atoms with Gasteiger partial charge >= 0.3 is 5.97 Å². The van der Waals surface area contributed by atoms with E-state index >= 15 is 0 Å². The van der Waals surface area contributed by atoms with Crippen LogP contribution in [0.5, 0.6) is 5.75 Å². The van der Waals surface area contributed by atoms with Crippen molar-refractivity contribution in [1.82, 2.24) is 0 Å². The van der Waals surface area contributed by atoms with Gasteiger partial charge in [-0.15, -0.1) is 0 Å². The minimum Gasteiger partial charge on any atom is -0.506 e. The number of fused-ring (bicyclic) bond motifs is 1. The average Bonchev–Trinajstić information content (AvgIpc) is 2.69. The van der Waals surface area contributed by atoms with Crippen molar-refractivity contribution in [1.29, 1.82) is 0 Å². The maximum atomic E-state index is 12.7. The zero-order valence-electron chi connectivity index (χ0n) is 17.0. The van der Waals surface area contributed by atoms with Gasteiger partial charge in [0, 0.05) is 11.1 Å². The number of ether oxygens (including phenoxy) is 1. The number of rotatable bonds is 5. The lowest BCUT2D eigenvalue weighted by Gasteiger charge is -2.19. The van der Waals surface area contributed by atoms with Crippen molar-refractivity contribution >= 4 is 28.3 Å². The number of aryl methyl sites for hydroxylation is 1. The van der Waals surface area contributed by atoms with Gasteiger partial charge in [-0.2, -0.15) is 0 Å². The van der Waals surface area contributed by atoms with Crippen molar-refractivity contribution in [3.63, 3.8) is 0 Å². The van der Waals surface area contributed by atoms with Gasteiger partial charge in [0.1, 0.15) is 11.3 Å². The Balaban J connectivity index is 1.77. The van der Waals surface area contributed by atoms with Crippen molar-refractivity contribution in [2.24, 2.45) is 0 Å². The number of hydrogen-bond acceptors (Lipinski definition) is 4. The Morgan fingerprint density at radius 3 is 2.41 bits per heavy atom. The summed E-state index contributed by atoms with van der Waals surface area (Å²) in [6.45, 7) is 7.54. The highest BCUT2D eigenvalue weighted by Crippen LogP contribution is 2.30. The Hall–Kier alpha value is -3.34. The molecule has 5 nitrogen and oxygen atoms in total. The fourth-order valence-electron chi connectivity index (χ4n) is 3.26. The number of para-hydroxylation sites is 1. The van der Waals surface area contributed by atoms with Gasteiger partial charge in [0.25, 0.3) is 5.91 Å². The molecule has 0 saturated heterocycles. The van der Waals surface area contributed by atoms with Gasteiger partial charge < -0.3 is 15.2 Å². The van der Waals surface area contributed by atoms with Crippen LogP contribution >= 0.6 is 0 Å². The van der Waals surface area contributed by atoms with Crippen LogP contribution in [0.15, 0.2) is 54.6 Å². The molecule has 0 aliphatic heterocycles. The number of anilines is 1. The topological polar surface area (TPSA) is 75.6 Å². The molecule has 0 radical (unpaired) electrons. The lowest BCUT2D eigenvalue weighted by atomic mass is 9.98. The zero-order chi connectivity index (χ0) is 21.1. The molecule has 0 spiro atoms. The van der Waals surface area contributed by atoms with E-state index in [1.165, 1.54) is 13.0 Å². The highest BCUT2D eigenvalue weighted by atomic mass is 16.5. The summed E-state index contributed by atoms with van der Waals surface area (Å²) < 4.78 is 5.33. The second-order valence-corrected chi connectivity index (χ2v) is 7.41. The van der Waals surface area contributed by atoms with Crippen LogP contribution in [0.1, 0.15) is 48.2 Å². The van der Waals surface area contributed by atoms with Crippen LogP contribution in [0.3, 0.4) is 0 Å². The predicted octanol–water partition coefficient (Wildman–Crippen LogP) is 5.16. The molecular weight excluding hydrogens is 366 g/mol. The third kappa shape index (κ3) is 4.24. The molecule has 5 heteroatoms. The van der Waals surface area contributed by atoms with Crippen molar-refractivity contribution in [2.75, 3.05) is 5.32 Å². The predicted molar refractivity (Wildman–Crippen MR) is 114 cm³/mol. The van der Waals surface area contributed by atoms with Gasteiger partial charge in [0.15, 0.2) is 6.10 Å². The zero-order valence-corrected chi connectivity index (χ0v) is 17.0. The molecule has 2 N–H and O–H groups in total. The summed E-state index contributed by atoms with van der Waals surface area (Å²) in [7, 11) is 0. The maximum absolute atomic E-state index is 12.7. The first-order valence-corrected chi connectivity index (χ1v) is 9.61. The van der Waals surface area contributed by atoms with Gasteiger partial charge in [-0.25, -0.2) is 4.79 Å². The van der Waals surface area contributed by atoms with Crippen LogP contribution in [0, 0.1) is 6.92 Å². The van der Waals surface area contributed by atoms with E-state index in [9.17, 15) is 14.7 Å². The molecule has 0 unspecified atom stereocenters. The standard InChI is InChI=1S/C24H25NO4/c1-14(2)18-11-7-8-15(3)21(18)25-23(27)16(4)29-24(28)20-13-12-17-9-5-6-10-19(17)22(20)26/h5-14,16,26H,1-4H3,(H,25,27)/t16-/m0/s1. The molecule has 0 aromatic heterocycles. The maximum Gasteiger partial charge on any atom is 0.342 e. The monoisotopic (exact) mass is 391 g/mol. The quantitative estimate of drug-likeness (QED) is 0.589. The molecule has 0 aliphatic rings. The molecule has 1 atom stereocenters. The van der Waals surface area contributed by atoms with Crippen molar-refractivity contribution in [3.8, 4) is 5.75 Å². The number of carbonyl (C=O) groups excluding carboxylic acids is 2. The second kappa shape index (κ2) is 8.35. The van der Waals surface area contributed by atoms with E-state index in [1.54, 1.807) is 18.2 Å². The largest absolute Gasteiger partial charge is 0.506 e. The fraction of sp³-hybridized carbons (Fsp3) is 0.250. The van der Waals surface area contributed by atoms with Crippen molar-refractivity contribution < 1.29 is 19.4 Å². The Labute approximate surface area is 170 Å². The number of esters is 1. The third-order valence-electron chi connectivity index (χ3n) is 4.95. The van der Waals surface area contributed by atoms with E-state index in [-0.39, 0.29) is 17.2 Å². The number of hydrogen-bond donors (Lipinski definition) is 2. The first kappa shape index (κ1) is 20.4. The van der Waals surface area contributed by atoms with Crippen LogP contribution < -0.4 is 5.32 Å². The first-order valence-electron chi connectivity index (χ1n) is 9.61. The van der Waals surface area contributed by atoms with Gasteiger partial charge in [-0.1, -0.05) is 62.4 Å². The lowest BCUT2D eigenvalue weighted by molar-refractivity contribution is -0.123. The van der Waals surface area contributed by atoms with Crippen LogP contribution in [-0.2, 0) is 9.53 Å². The van der Waals surface area contributed by atoms with Crippen LogP contribution in [0.4, 0.5) is 5.69 Å². The number of aromatic hydroxyl groups is 1. The summed E-state index contributed by atoms with van der Waals surface area (Å²) in [5.74, 6) is -1.08. The molecule has 3 aromatic carbocycles. The van der Waals surface area contributed by atoms with Gasteiger partial charge in [0.05, 0.1) is 0 Å². The SMILES string of the molecule is Cc1cccc(C(C)C)c1NC(=O)[C@H](C)OC(=O)c1ccc2ccccc2c1O. The Bertz CT molecular complexity index is 1070. The van der Waals surface area contributed by atoms with Crippen LogP contribution in [-0.4, -0.2) is 23.1 Å². The number of nitrogens with one attached hydrogen (secondary N) is 1. The van der Waals surface area contributed by atoms with Crippen LogP contribution in [0.2, 0.25) is 0 Å². The van der Waals surface area contributed by atoms with E-state index in [4.69, 9.17) is 4.74 Å². The molecule has 1 amide bonds. The second-order valence-electron chi connectivity index (χ2n) is 7.41. The molecule has 0 heterocycles. The summed E-state index contributed by atoms with van der Waals surface area (Å²) in [6, 6.07) is 16.3. The average molecular weight is 391 g/mol. The van der Waals surface area contributed by atoms with Gasteiger partial charge in [-0.3, -0.25) is 4.79 Å². The molecule has 0 bridgehead atoms. The molecule has 0 fully saturated rings. The molecule has 3 aromatic rings. The molecule has 3 rings (SSSR count). The number of carbonyl (C=O) groups is 2. The number of phenols is 1. The normalized spacial score (nSPS) is 12.0. The molecular formula is C24H25NO4. The smallest absolute Gasteiger partial charge is 0.342 e. The van der Waals surface area contributed by atoms with E-state index in [0.29, 0.717) is 5.39 Å². The highest BCUT2D eigenvalue weighted by molar-refractivity contribution is 6.03. The fourth-order valence-corrected chi connectivity index (χ4v) is 3.26. The highest BCUT2D eigenvalue weighted by Gasteiger charge is 2.23. The third-order valence-corrected chi connectivity index (χ3v) is 4.95. The molecule has 0 aliphatic carbocycles. The Kier molecular flexibility index (Phi) is 5.87. The lowest BCUT2D eigenvalue weighted by Crippen LogP contribution is -2.30.